The molecule has 0 aliphatic carbocycles. The van der Waals surface area contributed by atoms with Gasteiger partial charge in [-0.2, -0.15) is 5.26 Å². The van der Waals surface area contributed by atoms with Gasteiger partial charge in [-0.3, -0.25) is 0 Å². The molecule has 1 aromatic rings. The van der Waals surface area contributed by atoms with Gasteiger partial charge in [-0.05, 0) is 30.7 Å². The van der Waals surface area contributed by atoms with Crippen LogP contribution >= 0.6 is 0 Å². The van der Waals surface area contributed by atoms with E-state index in [4.69, 9.17) is 5.26 Å². The van der Waals surface area contributed by atoms with Crippen molar-refractivity contribution in [2.24, 2.45) is 0 Å². The lowest BCUT2D eigenvalue weighted by atomic mass is 10.1. The Hall–Kier alpha value is -1.49. The van der Waals surface area contributed by atoms with E-state index in [0.29, 0.717) is 0 Å². The van der Waals surface area contributed by atoms with Crippen LogP contribution in [0.3, 0.4) is 0 Å². The molecule has 0 aromatic heterocycles. The van der Waals surface area contributed by atoms with Crippen molar-refractivity contribution in [1.29, 1.82) is 5.26 Å². The first kappa shape index (κ1) is 18.6. The van der Waals surface area contributed by atoms with Gasteiger partial charge < -0.3 is 5.32 Å². The van der Waals surface area contributed by atoms with Gasteiger partial charge in [-0.25, -0.2) is 0 Å². The quantitative estimate of drug-likeness (QED) is 0.435. The predicted molar refractivity (Wildman–Crippen MR) is 96.1 cm³/mol. The molecule has 2 nitrogen and oxygen atoms in total. The second-order valence-corrected chi connectivity index (χ2v) is 6.15. The van der Waals surface area contributed by atoms with E-state index in [1.54, 1.807) is 0 Å². The van der Waals surface area contributed by atoms with Gasteiger partial charge in [-0.15, -0.1) is 0 Å². The van der Waals surface area contributed by atoms with Crippen molar-refractivity contribution in [3.63, 3.8) is 0 Å². The van der Waals surface area contributed by atoms with Crippen molar-refractivity contribution >= 4 is 5.69 Å². The van der Waals surface area contributed by atoms with Crippen LogP contribution in [0.2, 0.25) is 0 Å². The topological polar surface area (TPSA) is 35.8 Å². The lowest BCUT2D eigenvalue weighted by Crippen LogP contribution is -2.01. The normalized spacial score (nSPS) is 10.4. The first-order valence-corrected chi connectivity index (χ1v) is 9.11. The molecule has 0 aliphatic rings. The molecule has 2 heteroatoms. The zero-order valence-electron chi connectivity index (χ0n) is 14.2. The minimum absolute atomic E-state index is 0.722. The highest BCUT2D eigenvalue weighted by Gasteiger charge is 1.95. The fourth-order valence-corrected chi connectivity index (χ4v) is 2.68. The first-order chi connectivity index (χ1) is 10.9. The molecule has 0 spiro atoms. The molecule has 0 heterocycles. The van der Waals surface area contributed by atoms with Crippen LogP contribution in [0.5, 0.6) is 0 Å². The van der Waals surface area contributed by atoms with Crippen LogP contribution < -0.4 is 5.32 Å². The Labute approximate surface area is 136 Å². The molecule has 0 amide bonds. The first-order valence-electron chi connectivity index (χ1n) is 9.11. The molecule has 0 unspecified atom stereocenters. The van der Waals surface area contributed by atoms with Gasteiger partial charge in [0.1, 0.15) is 0 Å². The van der Waals surface area contributed by atoms with E-state index < -0.39 is 0 Å². The van der Waals surface area contributed by atoms with Crippen LogP contribution in [0.4, 0.5) is 5.69 Å². The largest absolute Gasteiger partial charge is 0.385 e. The molecule has 0 radical (unpaired) electrons. The molecule has 1 rings (SSSR count). The van der Waals surface area contributed by atoms with Gasteiger partial charge in [0, 0.05) is 12.2 Å². The molecule has 122 valence electrons. The third-order valence-corrected chi connectivity index (χ3v) is 4.12. The minimum atomic E-state index is 0.722. The van der Waals surface area contributed by atoms with Crippen LogP contribution in [0.25, 0.3) is 0 Å². The minimum Gasteiger partial charge on any atom is -0.385 e. The molecule has 0 bridgehead atoms. The third kappa shape index (κ3) is 9.45. The van der Waals surface area contributed by atoms with Gasteiger partial charge in [0.2, 0.25) is 0 Å². The molecule has 0 fully saturated rings. The van der Waals surface area contributed by atoms with E-state index in [1.807, 2.05) is 24.3 Å². The van der Waals surface area contributed by atoms with Gasteiger partial charge in [-0.1, -0.05) is 71.1 Å². The average molecular weight is 300 g/mol. The summed E-state index contributed by atoms with van der Waals surface area (Å²) >= 11 is 0. The van der Waals surface area contributed by atoms with E-state index >= 15 is 0 Å². The van der Waals surface area contributed by atoms with Crippen LogP contribution in [0, 0.1) is 11.3 Å². The van der Waals surface area contributed by atoms with Crippen LogP contribution in [0.15, 0.2) is 24.3 Å². The maximum atomic E-state index is 8.75. The highest BCUT2D eigenvalue weighted by atomic mass is 14.9. The molecule has 22 heavy (non-hydrogen) atoms. The zero-order chi connectivity index (χ0) is 15.9. The van der Waals surface area contributed by atoms with Crippen LogP contribution in [-0.4, -0.2) is 6.54 Å². The highest BCUT2D eigenvalue weighted by molar-refractivity contribution is 5.46. The summed E-state index contributed by atoms with van der Waals surface area (Å²) in [6.45, 7) is 3.30. The van der Waals surface area contributed by atoms with Gasteiger partial charge in [0.15, 0.2) is 0 Å². The van der Waals surface area contributed by atoms with Crippen molar-refractivity contribution in [2.75, 3.05) is 11.9 Å². The molecule has 1 N–H and O–H groups in total. The van der Waals surface area contributed by atoms with Gasteiger partial charge in [0.05, 0.1) is 11.6 Å². The molecular formula is C20H32N2. The van der Waals surface area contributed by atoms with Gasteiger partial charge >= 0.3 is 0 Å². The fraction of sp³-hybridized carbons (Fsp3) is 0.650. The SMILES string of the molecule is CCCCCCCCCCCCCNc1ccc(C#N)cc1. The standard InChI is InChI=1S/C20H32N2/c1-2-3-4-5-6-7-8-9-10-11-12-17-22-20-15-13-19(18-21)14-16-20/h13-16,22H,2-12,17H2,1H3. The van der Waals surface area contributed by atoms with Gasteiger partial charge in [0.25, 0.3) is 0 Å². The Morgan fingerprint density at radius 1 is 0.773 bits per heavy atom. The van der Waals surface area contributed by atoms with E-state index in [2.05, 4.69) is 18.3 Å². The maximum absolute atomic E-state index is 8.75. The predicted octanol–water partition coefficient (Wildman–Crippen LogP) is 6.28. The van der Waals surface area contributed by atoms with Crippen molar-refractivity contribution in [2.45, 2.75) is 77.6 Å². The number of hydrogen-bond donors (Lipinski definition) is 1. The smallest absolute Gasteiger partial charge is 0.0991 e. The second kappa shape index (κ2) is 13.2. The average Bonchev–Trinajstić information content (AvgIpc) is 2.56. The summed E-state index contributed by atoms with van der Waals surface area (Å²) in [6, 6.07) is 9.84. The number of anilines is 1. The van der Waals surface area contributed by atoms with Crippen LogP contribution in [-0.2, 0) is 0 Å². The molecule has 0 saturated heterocycles. The number of unbranched alkanes of at least 4 members (excludes halogenated alkanes) is 10. The summed E-state index contributed by atoms with van der Waals surface area (Å²) in [7, 11) is 0. The Morgan fingerprint density at radius 3 is 1.77 bits per heavy atom. The molecule has 1 aromatic carbocycles. The zero-order valence-corrected chi connectivity index (χ0v) is 14.2. The summed E-state index contributed by atoms with van der Waals surface area (Å²) in [6.07, 6.45) is 15.2. The summed E-state index contributed by atoms with van der Waals surface area (Å²) in [4.78, 5) is 0. The lowest BCUT2D eigenvalue weighted by molar-refractivity contribution is 0.552. The number of rotatable bonds is 13. The van der Waals surface area contributed by atoms with E-state index in [0.717, 1.165) is 17.8 Å². The second-order valence-electron chi connectivity index (χ2n) is 6.15. The molecule has 0 atom stereocenters. The Kier molecular flexibility index (Phi) is 11.1. The Morgan fingerprint density at radius 2 is 1.27 bits per heavy atom. The number of hydrogen-bond acceptors (Lipinski definition) is 2. The Bertz CT molecular complexity index is 403. The van der Waals surface area contributed by atoms with Crippen molar-refractivity contribution in [3.05, 3.63) is 29.8 Å². The van der Waals surface area contributed by atoms with E-state index in [1.165, 1.54) is 70.6 Å². The number of nitrogens with zero attached hydrogens (tertiary/aromatic N) is 1. The molecular weight excluding hydrogens is 268 g/mol. The van der Waals surface area contributed by atoms with Crippen molar-refractivity contribution < 1.29 is 0 Å². The molecule has 0 saturated carbocycles. The van der Waals surface area contributed by atoms with E-state index in [-0.39, 0.29) is 0 Å². The van der Waals surface area contributed by atoms with E-state index in [9.17, 15) is 0 Å². The monoisotopic (exact) mass is 300 g/mol. The Balaban J connectivity index is 1.86. The third-order valence-electron chi connectivity index (χ3n) is 4.12. The molecule has 0 aliphatic heterocycles. The summed E-state index contributed by atoms with van der Waals surface area (Å²) in [5.74, 6) is 0. The maximum Gasteiger partial charge on any atom is 0.0991 e. The summed E-state index contributed by atoms with van der Waals surface area (Å²) < 4.78 is 0. The summed E-state index contributed by atoms with van der Waals surface area (Å²) in [5.41, 5.74) is 1.84. The fourth-order valence-electron chi connectivity index (χ4n) is 2.68. The number of benzene rings is 1. The summed E-state index contributed by atoms with van der Waals surface area (Å²) in [5, 5.41) is 12.2. The van der Waals surface area contributed by atoms with Crippen LogP contribution in [0.1, 0.15) is 83.1 Å². The number of nitriles is 1. The number of nitrogens with one attached hydrogen (secondary N) is 1. The van der Waals surface area contributed by atoms with Crippen molar-refractivity contribution in [1.82, 2.24) is 0 Å². The van der Waals surface area contributed by atoms with Crippen molar-refractivity contribution in [3.8, 4) is 6.07 Å². The lowest BCUT2D eigenvalue weighted by Gasteiger charge is -2.06. The highest BCUT2D eigenvalue weighted by Crippen LogP contribution is 2.12.